The Morgan fingerprint density at radius 2 is 1.76 bits per heavy atom. The molecule has 1 unspecified atom stereocenters. The lowest BCUT2D eigenvalue weighted by Gasteiger charge is -2.63. The van der Waals surface area contributed by atoms with Crippen molar-refractivity contribution in [2.24, 2.45) is 23.2 Å². The topological polar surface area (TPSA) is 158 Å². The van der Waals surface area contributed by atoms with E-state index in [2.05, 4.69) is 41.4 Å². The zero-order valence-electron chi connectivity index (χ0n) is 32.4. The summed E-state index contributed by atoms with van der Waals surface area (Å²) in [4.78, 5) is 91.2. The summed E-state index contributed by atoms with van der Waals surface area (Å²) in [6, 6.07) is 5.70. The first-order valence-corrected chi connectivity index (χ1v) is 19.7. The highest BCUT2D eigenvalue weighted by Crippen LogP contribution is 2.49. The Kier molecular flexibility index (Phi) is 11.3. The van der Waals surface area contributed by atoms with E-state index >= 15 is 4.79 Å². The molecule has 54 heavy (non-hydrogen) atoms. The standard InChI is InChI=1S/C42H56N6O6/c1-7-19-43-38(52)33(49)31(20-26-15-16-26)45-37(51)32-22-29(25(2)3)24-47(32)40(54)35(41(4,5)6)48-39(53)34(42(48)17-11-8-12-18-42)46-36(50)28-21-27-13-9-10-14-30(27)44-23-28/h7,9-10,13-14,21,23,25-26,29,31-32,34-35H,1,8,11-12,15-20,22,24H2,2-6H3,(H,43,52)(H,45,51)(H,46,50)/t29-,31?,32+,34-,35-/m1/s1. The van der Waals surface area contributed by atoms with Crippen molar-refractivity contribution < 1.29 is 28.8 Å². The molecule has 4 fully saturated rings. The monoisotopic (exact) mass is 740 g/mol. The van der Waals surface area contributed by atoms with Gasteiger partial charge in [-0.3, -0.25) is 33.8 Å². The normalized spacial score (nSPS) is 23.4. The summed E-state index contributed by atoms with van der Waals surface area (Å²) < 4.78 is 0. The Bertz CT molecular complexity index is 1810. The molecule has 2 saturated heterocycles. The molecule has 5 amide bonds. The van der Waals surface area contributed by atoms with Crippen molar-refractivity contribution in [1.82, 2.24) is 30.7 Å². The van der Waals surface area contributed by atoms with Crippen LogP contribution in [0.4, 0.5) is 0 Å². The summed E-state index contributed by atoms with van der Waals surface area (Å²) in [7, 11) is 0. The van der Waals surface area contributed by atoms with Gasteiger partial charge in [-0.25, -0.2) is 0 Å². The number of pyridine rings is 1. The lowest BCUT2D eigenvalue weighted by Crippen LogP contribution is -2.83. The number of hydrogen-bond acceptors (Lipinski definition) is 7. The van der Waals surface area contributed by atoms with Crippen LogP contribution in [-0.2, 0) is 24.0 Å². The molecule has 3 N–H and O–H groups in total. The van der Waals surface area contributed by atoms with Gasteiger partial charge in [-0.05, 0) is 61.0 Å². The number of hydrogen-bond donors (Lipinski definition) is 3. The summed E-state index contributed by atoms with van der Waals surface area (Å²) in [5, 5.41) is 9.28. The smallest absolute Gasteiger partial charge is 0.289 e. The predicted octanol–water partition coefficient (Wildman–Crippen LogP) is 4.32. The van der Waals surface area contributed by atoms with E-state index in [0.717, 1.165) is 43.0 Å². The number of ketones is 1. The zero-order chi connectivity index (χ0) is 38.9. The van der Waals surface area contributed by atoms with Crippen molar-refractivity contribution in [3.05, 3.63) is 54.7 Å². The Morgan fingerprint density at radius 3 is 2.41 bits per heavy atom. The molecule has 1 aromatic carbocycles. The minimum Gasteiger partial charge on any atom is -0.346 e. The van der Waals surface area contributed by atoms with Gasteiger partial charge in [0.25, 0.3) is 11.8 Å². The minimum absolute atomic E-state index is 0.0112. The number of benzene rings is 1. The third-order valence-corrected chi connectivity index (χ3v) is 12.1. The van der Waals surface area contributed by atoms with Crippen LogP contribution in [-0.4, -0.2) is 92.9 Å². The first-order chi connectivity index (χ1) is 25.7. The van der Waals surface area contributed by atoms with Crippen LogP contribution in [0.2, 0.25) is 0 Å². The van der Waals surface area contributed by atoms with Gasteiger partial charge in [-0.1, -0.05) is 91.0 Å². The van der Waals surface area contributed by atoms with E-state index in [1.807, 2.05) is 45.0 Å². The van der Waals surface area contributed by atoms with Gasteiger partial charge < -0.3 is 25.8 Å². The molecule has 3 heterocycles. The molecule has 2 aromatic rings. The van der Waals surface area contributed by atoms with Crippen molar-refractivity contribution in [2.45, 2.75) is 122 Å². The maximum absolute atomic E-state index is 15.1. The number of aromatic nitrogens is 1. The van der Waals surface area contributed by atoms with Gasteiger partial charge in [-0.2, -0.15) is 0 Å². The Balaban J connectivity index is 1.27. The van der Waals surface area contributed by atoms with Crippen LogP contribution in [0, 0.1) is 23.2 Å². The Hall–Kier alpha value is -4.61. The number of likely N-dealkylation sites (tertiary alicyclic amines) is 2. The number of fused-ring (bicyclic) bond motifs is 1. The van der Waals surface area contributed by atoms with Crippen LogP contribution in [0.3, 0.4) is 0 Å². The zero-order valence-corrected chi connectivity index (χ0v) is 32.4. The first-order valence-electron chi connectivity index (χ1n) is 19.7. The van der Waals surface area contributed by atoms with Gasteiger partial charge in [0.15, 0.2) is 0 Å². The van der Waals surface area contributed by atoms with E-state index in [4.69, 9.17) is 0 Å². The quantitative estimate of drug-likeness (QED) is 0.157. The maximum atomic E-state index is 15.1. The molecular formula is C42H56N6O6. The number of nitrogens with zero attached hydrogens (tertiary/aromatic N) is 3. The highest BCUT2D eigenvalue weighted by molar-refractivity contribution is 6.38. The van der Waals surface area contributed by atoms with Crippen LogP contribution >= 0.6 is 0 Å². The van der Waals surface area contributed by atoms with Gasteiger partial charge in [0, 0.05) is 24.7 Å². The number of rotatable bonds is 13. The lowest BCUT2D eigenvalue weighted by molar-refractivity contribution is -0.186. The van der Waals surface area contributed by atoms with Crippen LogP contribution in [0.1, 0.15) is 103 Å². The molecule has 12 nitrogen and oxygen atoms in total. The molecule has 0 radical (unpaired) electrons. The molecule has 2 saturated carbocycles. The second-order valence-electron chi connectivity index (χ2n) is 17.3. The van der Waals surface area contributed by atoms with Gasteiger partial charge >= 0.3 is 0 Å². The number of carbonyl (C=O) groups excluding carboxylic acids is 6. The van der Waals surface area contributed by atoms with Crippen LogP contribution < -0.4 is 16.0 Å². The summed E-state index contributed by atoms with van der Waals surface area (Å²) in [5.41, 5.74) is -0.364. The molecule has 290 valence electrons. The van der Waals surface area contributed by atoms with Crippen LogP contribution in [0.5, 0.6) is 0 Å². The number of carbonyl (C=O) groups is 6. The second-order valence-corrected chi connectivity index (χ2v) is 17.3. The van der Waals surface area contributed by atoms with Crippen LogP contribution in [0.25, 0.3) is 10.9 Å². The van der Waals surface area contributed by atoms with Crippen molar-refractivity contribution in [1.29, 1.82) is 0 Å². The highest BCUT2D eigenvalue weighted by Gasteiger charge is 2.65. The fourth-order valence-corrected chi connectivity index (χ4v) is 8.81. The Morgan fingerprint density at radius 1 is 1.06 bits per heavy atom. The number of β-lactam (4-membered cyclic amide) rings is 1. The number of amides is 5. The SMILES string of the molecule is C=CCNC(=O)C(=O)C(CC1CC1)NC(=O)[C@@H]1C[C@@H](C(C)C)CN1C(=O)[C@@H](N1C(=O)[C@@H](NC(=O)c2cnc3ccccc3c2)C12CCCCC2)C(C)(C)C. The van der Waals surface area contributed by atoms with E-state index < -0.39 is 52.7 Å². The van der Waals surface area contributed by atoms with Crippen molar-refractivity contribution >= 4 is 46.2 Å². The molecule has 1 aromatic heterocycles. The molecule has 1 spiro atoms. The maximum Gasteiger partial charge on any atom is 0.289 e. The largest absolute Gasteiger partial charge is 0.346 e. The third kappa shape index (κ3) is 7.79. The van der Waals surface area contributed by atoms with Gasteiger partial charge in [0.2, 0.25) is 23.5 Å². The van der Waals surface area contributed by atoms with E-state index in [-0.39, 0.29) is 42.0 Å². The molecule has 12 heteroatoms. The molecular weight excluding hydrogens is 684 g/mol. The van der Waals surface area contributed by atoms with E-state index in [0.29, 0.717) is 37.8 Å². The van der Waals surface area contributed by atoms with Gasteiger partial charge in [0.05, 0.1) is 22.7 Å². The van der Waals surface area contributed by atoms with E-state index in [1.54, 1.807) is 15.9 Å². The molecule has 2 aliphatic heterocycles. The summed E-state index contributed by atoms with van der Waals surface area (Å²) in [5.74, 6) is -2.55. The number of para-hydroxylation sites is 1. The first kappa shape index (κ1) is 39.1. The van der Waals surface area contributed by atoms with Gasteiger partial charge in [-0.15, -0.1) is 6.58 Å². The minimum atomic E-state index is -1.01. The lowest BCUT2D eigenvalue weighted by atomic mass is 9.65. The predicted molar refractivity (Wildman–Crippen MR) is 205 cm³/mol. The average Bonchev–Trinajstić information content (AvgIpc) is 3.86. The summed E-state index contributed by atoms with van der Waals surface area (Å²) in [6.07, 6.45) is 9.58. The molecule has 5 atom stereocenters. The fraction of sp³-hybridized carbons (Fsp3) is 0.595. The number of nitrogens with one attached hydrogen (secondary N) is 3. The van der Waals surface area contributed by atoms with E-state index in [9.17, 15) is 24.0 Å². The van der Waals surface area contributed by atoms with Crippen molar-refractivity contribution in [3.63, 3.8) is 0 Å². The molecule has 6 rings (SSSR count). The average molecular weight is 741 g/mol. The highest BCUT2D eigenvalue weighted by atomic mass is 16.2. The summed E-state index contributed by atoms with van der Waals surface area (Å²) >= 11 is 0. The summed E-state index contributed by atoms with van der Waals surface area (Å²) in [6.45, 7) is 14.0. The molecule has 4 aliphatic rings. The molecule has 2 aliphatic carbocycles. The van der Waals surface area contributed by atoms with Crippen molar-refractivity contribution in [3.8, 4) is 0 Å². The molecule has 0 bridgehead atoms. The fourth-order valence-electron chi connectivity index (χ4n) is 8.81. The van der Waals surface area contributed by atoms with E-state index in [1.165, 1.54) is 12.3 Å². The van der Waals surface area contributed by atoms with Crippen molar-refractivity contribution in [2.75, 3.05) is 13.1 Å². The van der Waals surface area contributed by atoms with Crippen LogP contribution in [0.15, 0.2) is 49.2 Å². The second kappa shape index (κ2) is 15.6. The third-order valence-electron chi connectivity index (χ3n) is 12.1. The number of Topliss-reactive ketones (excluding diaryl/α,β-unsaturated/α-hetero) is 1. The Labute approximate surface area is 318 Å². The van der Waals surface area contributed by atoms with Gasteiger partial charge in [0.1, 0.15) is 18.1 Å².